The third kappa shape index (κ3) is 3.42. The molecule has 25 heavy (non-hydrogen) atoms. The molecule has 128 valence electrons. The molecule has 0 aliphatic carbocycles. The summed E-state index contributed by atoms with van der Waals surface area (Å²) in [6.07, 6.45) is 1.79. The molecule has 3 aromatic heterocycles. The van der Waals surface area contributed by atoms with E-state index in [4.69, 9.17) is 20.5 Å². The zero-order valence-electron chi connectivity index (χ0n) is 13.2. The minimum Gasteiger partial charge on any atom is -0.410 e. The van der Waals surface area contributed by atoms with Crippen LogP contribution in [-0.2, 0) is 12.2 Å². The molecule has 0 amide bonds. The van der Waals surface area contributed by atoms with Gasteiger partial charge >= 0.3 is 0 Å². The molecule has 0 aliphatic heterocycles. The third-order valence-corrected chi connectivity index (χ3v) is 5.91. The van der Waals surface area contributed by atoms with Crippen molar-refractivity contribution in [2.24, 2.45) is 0 Å². The molecule has 0 bridgehead atoms. The fourth-order valence-electron chi connectivity index (χ4n) is 2.31. The van der Waals surface area contributed by atoms with E-state index in [-0.39, 0.29) is 0 Å². The van der Waals surface area contributed by atoms with E-state index in [1.54, 1.807) is 0 Å². The van der Waals surface area contributed by atoms with Crippen LogP contribution in [0.15, 0.2) is 38.4 Å². The average molecular weight is 393 g/mol. The van der Waals surface area contributed by atoms with Crippen molar-refractivity contribution >= 4 is 44.8 Å². The van der Waals surface area contributed by atoms with Crippen molar-refractivity contribution in [2.45, 2.75) is 30.7 Å². The first-order valence-corrected chi connectivity index (χ1v) is 9.87. The van der Waals surface area contributed by atoms with Crippen molar-refractivity contribution < 1.29 is 8.94 Å². The Bertz CT molecular complexity index is 1010. The van der Waals surface area contributed by atoms with Crippen molar-refractivity contribution in [1.82, 2.24) is 20.3 Å². The maximum Gasteiger partial charge on any atom is 0.277 e. The van der Waals surface area contributed by atoms with Crippen LogP contribution < -0.4 is 0 Å². The fraction of sp³-hybridized carbons (Fsp3) is 0.250. The van der Waals surface area contributed by atoms with Gasteiger partial charge in [0, 0.05) is 16.5 Å². The van der Waals surface area contributed by atoms with Crippen LogP contribution in [0.25, 0.3) is 20.9 Å². The highest BCUT2D eigenvalue weighted by Gasteiger charge is 2.18. The van der Waals surface area contributed by atoms with Crippen LogP contribution in [0.5, 0.6) is 0 Å². The minimum absolute atomic E-state index is 0.422. The number of hydrogen-bond donors (Lipinski definition) is 0. The fourth-order valence-corrected chi connectivity index (χ4v) is 4.34. The lowest BCUT2D eigenvalue weighted by atomic mass is 10.2. The predicted octanol–water partition coefficient (Wildman–Crippen LogP) is 5.23. The SMILES string of the molecule is CCCc1noc(CSc2nnc(-c3sc4ccccc4c3Cl)o2)n1. The van der Waals surface area contributed by atoms with Crippen LogP contribution in [0.3, 0.4) is 0 Å². The Hall–Kier alpha value is -1.90. The Balaban J connectivity index is 1.50. The summed E-state index contributed by atoms with van der Waals surface area (Å²) < 4.78 is 12.0. The number of aromatic nitrogens is 4. The van der Waals surface area contributed by atoms with Gasteiger partial charge in [0.2, 0.25) is 5.89 Å². The molecule has 6 nitrogen and oxygen atoms in total. The maximum absolute atomic E-state index is 6.45. The van der Waals surface area contributed by atoms with Gasteiger partial charge in [0.1, 0.15) is 4.88 Å². The van der Waals surface area contributed by atoms with Crippen LogP contribution in [0.4, 0.5) is 0 Å². The molecular weight excluding hydrogens is 380 g/mol. The van der Waals surface area contributed by atoms with Crippen LogP contribution in [-0.4, -0.2) is 20.3 Å². The summed E-state index contributed by atoms with van der Waals surface area (Å²) in [5, 5.41) is 14.2. The lowest BCUT2D eigenvalue weighted by molar-refractivity contribution is 0.384. The second-order valence-electron chi connectivity index (χ2n) is 5.26. The maximum atomic E-state index is 6.45. The molecule has 3 heterocycles. The summed E-state index contributed by atoms with van der Waals surface area (Å²) in [6, 6.07) is 7.93. The molecule has 0 fully saturated rings. The highest BCUT2D eigenvalue weighted by atomic mass is 35.5. The van der Waals surface area contributed by atoms with Gasteiger partial charge in [-0.05, 0) is 12.5 Å². The average Bonchev–Trinajstić information content (AvgIpc) is 3.33. The first kappa shape index (κ1) is 16.6. The van der Waals surface area contributed by atoms with E-state index in [1.165, 1.54) is 23.1 Å². The number of thiophene rings is 1. The van der Waals surface area contributed by atoms with Crippen LogP contribution >= 0.6 is 34.7 Å². The second-order valence-corrected chi connectivity index (χ2v) is 7.61. The molecule has 0 aliphatic rings. The Morgan fingerprint density at radius 2 is 2.12 bits per heavy atom. The normalized spacial score (nSPS) is 11.4. The molecule has 4 aromatic rings. The molecule has 0 N–H and O–H groups in total. The number of aryl methyl sites for hydroxylation is 1. The van der Waals surface area contributed by atoms with Gasteiger partial charge in [-0.15, -0.1) is 21.5 Å². The van der Waals surface area contributed by atoms with Gasteiger partial charge in [0.05, 0.1) is 10.8 Å². The van der Waals surface area contributed by atoms with Gasteiger partial charge < -0.3 is 8.94 Å². The van der Waals surface area contributed by atoms with Crippen LogP contribution in [0.2, 0.25) is 5.02 Å². The van der Waals surface area contributed by atoms with Crippen molar-refractivity contribution in [1.29, 1.82) is 0 Å². The third-order valence-electron chi connectivity index (χ3n) is 3.44. The molecule has 1 aromatic carbocycles. The number of hydrogen-bond acceptors (Lipinski definition) is 8. The van der Waals surface area contributed by atoms with Gasteiger partial charge in [0.15, 0.2) is 5.82 Å². The predicted molar refractivity (Wildman–Crippen MR) is 98.0 cm³/mol. The lowest BCUT2D eigenvalue weighted by Crippen LogP contribution is -1.86. The highest BCUT2D eigenvalue weighted by Crippen LogP contribution is 2.41. The lowest BCUT2D eigenvalue weighted by Gasteiger charge is -1.91. The number of benzene rings is 1. The number of rotatable bonds is 6. The van der Waals surface area contributed by atoms with E-state index in [1.807, 2.05) is 24.3 Å². The Kier molecular flexibility index (Phi) is 4.74. The van der Waals surface area contributed by atoms with E-state index >= 15 is 0 Å². The molecule has 0 spiro atoms. The van der Waals surface area contributed by atoms with E-state index < -0.39 is 0 Å². The van der Waals surface area contributed by atoms with E-state index in [9.17, 15) is 0 Å². The number of nitrogens with zero attached hydrogens (tertiary/aromatic N) is 4. The summed E-state index contributed by atoms with van der Waals surface area (Å²) in [5.41, 5.74) is 0. The van der Waals surface area contributed by atoms with Crippen molar-refractivity contribution in [3.05, 3.63) is 41.0 Å². The largest absolute Gasteiger partial charge is 0.410 e. The first-order chi connectivity index (χ1) is 12.2. The summed E-state index contributed by atoms with van der Waals surface area (Å²) in [5.74, 6) is 2.18. The molecule has 0 unspecified atom stereocenters. The van der Waals surface area contributed by atoms with E-state index in [0.29, 0.717) is 27.8 Å². The first-order valence-electron chi connectivity index (χ1n) is 7.69. The summed E-state index contributed by atoms with van der Waals surface area (Å²) in [6.45, 7) is 2.07. The Morgan fingerprint density at radius 3 is 2.96 bits per heavy atom. The van der Waals surface area contributed by atoms with E-state index in [2.05, 4.69) is 27.3 Å². The summed E-state index contributed by atoms with van der Waals surface area (Å²) in [7, 11) is 0. The Labute approximate surface area is 156 Å². The monoisotopic (exact) mass is 392 g/mol. The minimum atomic E-state index is 0.422. The molecule has 0 atom stereocenters. The van der Waals surface area contributed by atoms with Gasteiger partial charge in [-0.3, -0.25) is 0 Å². The van der Waals surface area contributed by atoms with Gasteiger partial charge in [-0.25, -0.2) is 0 Å². The number of fused-ring (bicyclic) bond motifs is 1. The van der Waals surface area contributed by atoms with Crippen molar-refractivity contribution in [2.75, 3.05) is 0 Å². The van der Waals surface area contributed by atoms with Crippen molar-refractivity contribution in [3.63, 3.8) is 0 Å². The topological polar surface area (TPSA) is 77.8 Å². The van der Waals surface area contributed by atoms with Gasteiger partial charge in [0.25, 0.3) is 11.1 Å². The molecule has 0 saturated heterocycles. The van der Waals surface area contributed by atoms with Crippen LogP contribution in [0.1, 0.15) is 25.1 Å². The number of halogens is 1. The van der Waals surface area contributed by atoms with Crippen molar-refractivity contribution in [3.8, 4) is 10.8 Å². The van der Waals surface area contributed by atoms with Crippen LogP contribution in [0, 0.1) is 0 Å². The standard InChI is InChI=1S/C16H13ClN4O2S2/c1-2-5-11-18-12(23-21-11)8-24-16-20-19-15(22-16)14-13(17)9-6-3-4-7-10(9)25-14/h3-4,6-7H,2,5,8H2,1H3. The zero-order chi connectivity index (χ0) is 17.2. The molecule has 4 rings (SSSR count). The Morgan fingerprint density at radius 1 is 1.24 bits per heavy atom. The highest BCUT2D eigenvalue weighted by molar-refractivity contribution is 7.98. The van der Waals surface area contributed by atoms with E-state index in [0.717, 1.165) is 33.6 Å². The quantitative estimate of drug-likeness (QED) is 0.415. The number of thioether (sulfide) groups is 1. The molecule has 9 heteroatoms. The smallest absolute Gasteiger partial charge is 0.277 e. The van der Waals surface area contributed by atoms with Gasteiger partial charge in [-0.1, -0.05) is 53.6 Å². The zero-order valence-corrected chi connectivity index (χ0v) is 15.6. The molecular formula is C16H13ClN4O2S2. The molecule has 0 radical (unpaired) electrons. The summed E-state index contributed by atoms with van der Waals surface area (Å²) >= 11 is 9.34. The summed E-state index contributed by atoms with van der Waals surface area (Å²) in [4.78, 5) is 5.10. The van der Waals surface area contributed by atoms with Gasteiger partial charge in [-0.2, -0.15) is 4.98 Å². The second kappa shape index (κ2) is 7.15. The molecule has 0 saturated carbocycles.